The minimum Gasteiger partial charge on any atom is -0.333 e. The van der Waals surface area contributed by atoms with Crippen LogP contribution in [0.25, 0.3) is 10.9 Å². The summed E-state index contributed by atoms with van der Waals surface area (Å²) in [5.74, 6) is -0.0381. The highest BCUT2D eigenvalue weighted by Crippen LogP contribution is 2.21. The Morgan fingerprint density at radius 1 is 1.17 bits per heavy atom. The van der Waals surface area contributed by atoms with Gasteiger partial charge in [-0.1, -0.05) is 18.2 Å². The number of H-pyrrole nitrogens is 1. The number of pyridine rings is 1. The van der Waals surface area contributed by atoms with Crippen molar-refractivity contribution in [2.24, 2.45) is 0 Å². The lowest BCUT2D eigenvalue weighted by Crippen LogP contribution is -2.30. The fourth-order valence-electron chi connectivity index (χ4n) is 2.81. The van der Waals surface area contributed by atoms with E-state index in [1.54, 1.807) is 16.2 Å². The van der Waals surface area contributed by atoms with Gasteiger partial charge in [0.1, 0.15) is 0 Å². The van der Waals surface area contributed by atoms with Crippen LogP contribution >= 0.6 is 11.3 Å². The summed E-state index contributed by atoms with van der Waals surface area (Å²) in [5, 5.41) is 3.02. The Kier molecular flexibility index (Phi) is 4.53. The second kappa shape index (κ2) is 6.61. The summed E-state index contributed by atoms with van der Waals surface area (Å²) in [4.78, 5) is 30.2. The van der Waals surface area contributed by atoms with E-state index in [-0.39, 0.29) is 11.5 Å². The van der Waals surface area contributed by atoms with Crippen molar-refractivity contribution >= 4 is 28.1 Å². The summed E-state index contributed by atoms with van der Waals surface area (Å²) in [6.07, 6.45) is 0. The Balaban J connectivity index is 1.98. The number of benzene rings is 1. The molecule has 0 spiro atoms. The molecule has 2 heterocycles. The van der Waals surface area contributed by atoms with Crippen LogP contribution in [0.3, 0.4) is 0 Å². The smallest absolute Gasteiger partial charge is 0.253 e. The summed E-state index contributed by atoms with van der Waals surface area (Å²) in [5.41, 5.74) is 3.51. The summed E-state index contributed by atoms with van der Waals surface area (Å²) in [6.45, 7) is 6.38. The molecule has 0 aliphatic rings. The molecule has 0 radical (unpaired) electrons. The molecule has 1 amide bonds. The first-order valence-electron chi connectivity index (χ1n) is 7.85. The number of carbonyl (C=O) groups is 1. The predicted molar refractivity (Wildman–Crippen MR) is 98.3 cm³/mol. The predicted octanol–water partition coefficient (Wildman–Crippen LogP) is 3.76. The molecule has 0 atom stereocenters. The van der Waals surface area contributed by atoms with Crippen molar-refractivity contribution in [3.63, 3.8) is 0 Å². The van der Waals surface area contributed by atoms with Crippen molar-refractivity contribution < 1.29 is 4.79 Å². The zero-order valence-electron chi connectivity index (χ0n) is 14.1. The van der Waals surface area contributed by atoms with Gasteiger partial charge >= 0.3 is 0 Å². The molecule has 0 bridgehead atoms. The first-order chi connectivity index (χ1) is 11.5. The van der Waals surface area contributed by atoms with Gasteiger partial charge in [-0.2, -0.15) is 0 Å². The number of rotatable bonds is 4. The number of aromatic nitrogens is 1. The van der Waals surface area contributed by atoms with Crippen LogP contribution in [-0.4, -0.2) is 15.8 Å². The Hall–Kier alpha value is -2.40. The third-order valence-electron chi connectivity index (χ3n) is 4.25. The zero-order valence-corrected chi connectivity index (χ0v) is 14.9. The number of nitrogens with zero attached hydrogens (tertiary/aromatic N) is 1. The summed E-state index contributed by atoms with van der Waals surface area (Å²) >= 11 is 1.61. The lowest BCUT2D eigenvalue weighted by atomic mass is 10.0. The van der Waals surface area contributed by atoms with Gasteiger partial charge in [0.2, 0.25) is 5.91 Å². The van der Waals surface area contributed by atoms with Crippen LogP contribution in [0, 0.1) is 13.8 Å². The molecular weight excluding hydrogens is 320 g/mol. The van der Waals surface area contributed by atoms with Crippen molar-refractivity contribution in [1.82, 2.24) is 9.88 Å². The van der Waals surface area contributed by atoms with Gasteiger partial charge in [-0.25, -0.2) is 0 Å². The van der Waals surface area contributed by atoms with Gasteiger partial charge in [0, 0.05) is 22.8 Å². The van der Waals surface area contributed by atoms with Gasteiger partial charge in [-0.15, -0.1) is 11.3 Å². The average molecular weight is 340 g/mol. The number of aromatic amines is 1. The molecule has 124 valence electrons. The number of nitrogens with one attached hydrogen (secondary N) is 1. The summed E-state index contributed by atoms with van der Waals surface area (Å²) in [6, 6.07) is 9.94. The van der Waals surface area contributed by atoms with E-state index in [9.17, 15) is 9.59 Å². The third kappa shape index (κ3) is 3.26. The zero-order chi connectivity index (χ0) is 17.3. The van der Waals surface area contributed by atoms with Gasteiger partial charge in [-0.05, 0) is 42.5 Å². The molecule has 2 aromatic heterocycles. The first kappa shape index (κ1) is 16.5. The van der Waals surface area contributed by atoms with E-state index < -0.39 is 0 Å². The van der Waals surface area contributed by atoms with Crippen LogP contribution in [0.1, 0.15) is 28.5 Å². The van der Waals surface area contributed by atoms with Gasteiger partial charge in [0.05, 0.1) is 18.6 Å². The van der Waals surface area contributed by atoms with Crippen LogP contribution in [-0.2, 0) is 17.9 Å². The van der Waals surface area contributed by atoms with Gasteiger partial charge in [0.15, 0.2) is 0 Å². The molecule has 3 aromatic rings. The second-order valence-electron chi connectivity index (χ2n) is 6.07. The van der Waals surface area contributed by atoms with Crippen molar-refractivity contribution in [3.05, 3.63) is 67.6 Å². The van der Waals surface area contributed by atoms with E-state index in [1.807, 2.05) is 49.6 Å². The van der Waals surface area contributed by atoms with Crippen LogP contribution in [0.15, 0.2) is 40.5 Å². The van der Waals surface area contributed by atoms with Crippen molar-refractivity contribution in [2.75, 3.05) is 0 Å². The first-order valence-corrected chi connectivity index (χ1v) is 8.73. The molecule has 0 unspecified atom stereocenters. The standard InChI is InChI=1S/C19H20N2O2S/c1-12-6-7-13(2)18-17(12)9-15(19(23)20-18)10-21(14(3)22)11-16-5-4-8-24-16/h4-9H,10-11H2,1-3H3,(H,20,23). The molecule has 3 rings (SSSR count). The maximum absolute atomic E-state index is 12.5. The van der Waals surface area contributed by atoms with Crippen LogP contribution in [0.5, 0.6) is 0 Å². The monoisotopic (exact) mass is 340 g/mol. The van der Waals surface area contributed by atoms with Crippen LogP contribution < -0.4 is 5.56 Å². The fourth-order valence-corrected chi connectivity index (χ4v) is 3.53. The molecule has 0 saturated carbocycles. The van der Waals surface area contributed by atoms with E-state index in [1.165, 1.54) is 6.92 Å². The molecule has 0 fully saturated rings. The second-order valence-corrected chi connectivity index (χ2v) is 7.10. The molecule has 1 N–H and O–H groups in total. The maximum atomic E-state index is 12.5. The lowest BCUT2D eigenvalue weighted by molar-refractivity contribution is -0.130. The van der Waals surface area contributed by atoms with Crippen molar-refractivity contribution in [2.45, 2.75) is 33.9 Å². The van der Waals surface area contributed by atoms with Gasteiger partial charge in [-0.3, -0.25) is 9.59 Å². The number of hydrogen-bond acceptors (Lipinski definition) is 3. The maximum Gasteiger partial charge on any atom is 0.253 e. The molecule has 24 heavy (non-hydrogen) atoms. The quantitative estimate of drug-likeness (QED) is 0.786. The SMILES string of the molecule is CC(=O)N(Cc1cccs1)Cc1cc2c(C)ccc(C)c2[nH]c1=O. The van der Waals surface area contributed by atoms with Gasteiger partial charge in [0.25, 0.3) is 5.56 Å². The molecule has 0 aliphatic carbocycles. The molecule has 5 heteroatoms. The Morgan fingerprint density at radius 2 is 1.92 bits per heavy atom. The summed E-state index contributed by atoms with van der Waals surface area (Å²) < 4.78 is 0. The topological polar surface area (TPSA) is 53.2 Å². The van der Waals surface area contributed by atoms with E-state index in [4.69, 9.17) is 0 Å². The fraction of sp³-hybridized carbons (Fsp3) is 0.263. The number of fused-ring (bicyclic) bond motifs is 1. The minimum atomic E-state index is -0.131. The summed E-state index contributed by atoms with van der Waals surface area (Å²) in [7, 11) is 0. The van der Waals surface area contributed by atoms with E-state index in [2.05, 4.69) is 4.98 Å². The number of aryl methyl sites for hydroxylation is 2. The molecule has 1 aromatic carbocycles. The number of thiophene rings is 1. The van der Waals surface area contributed by atoms with Crippen LogP contribution in [0.2, 0.25) is 0 Å². The highest BCUT2D eigenvalue weighted by atomic mass is 32.1. The van der Waals surface area contributed by atoms with Gasteiger partial charge < -0.3 is 9.88 Å². The minimum absolute atomic E-state index is 0.0381. The normalized spacial score (nSPS) is 11.0. The van der Waals surface area contributed by atoms with E-state index in [0.717, 1.165) is 26.9 Å². The largest absolute Gasteiger partial charge is 0.333 e. The number of amides is 1. The highest BCUT2D eigenvalue weighted by Gasteiger charge is 2.14. The number of hydrogen-bond donors (Lipinski definition) is 1. The highest BCUT2D eigenvalue weighted by molar-refractivity contribution is 7.09. The van der Waals surface area contributed by atoms with Crippen molar-refractivity contribution in [1.29, 1.82) is 0 Å². The lowest BCUT2D eigenvalue weighted by Gasteiger charge is -2.20. The molecule has 0 saturated heterocycles. The Morgan fingerprint density at radius 3 is 2.58 bits per heavy atom. The van der Waals surface area contributed by atoms with Crippen LogP contribution in [0.4, 0.5) is 0 Å². The van der Waals surface area contributed by atoms with E-state index >= 15 is 0 Å². The number of carbonyl (C=O) groups excluding carboxylic acids is 1. The van der Waals surface area contributed by atoms with Crippen molar-refractivity contribution in [3.8, 4) is 0 Å². The molecule has 0 aliphatic heterocycles. The third-order valence-corrected chi connectivity index (χ3v) is 5.12. The molecular formula is C19H20N2O2S. The average Bonchev–Trinajstić information content (AvgIpc) is 3.04. The molecule has 4 nitrogen and oxygen atoms in total. The Bertz CT molecular complexity index is 942. The van der Waals surface area contributed by atoms with E-state index in [0.29, 0.717) is 18.7 Å². The Labute approximate surface area is 144 Å².